The van der Waals surface area contributed by atoms with Gasteiger partial charge in [0.2, 0.25) is 0 Å². The summed E-state index contributed by atoms with van der Waals surface area (Å²) in [4.78, 5) is 0. The summed E-state index contributed by atoms with van der Waals surface area (Å²) in [5.74, 6) is 2.79. The molecule has 1 aromatic carbocycles. The molecule has 1 aliphatic heterocycles. The third-order valence-electron chi connectivity index (χ3n) is 6.02. The van der Waals surface area contributed by atoms with Gasteiger partial charge >= 0.3 is 0 Å². The van der Waals surface area contributed by atoms with Gasteiger partial charge in [-0.1, -0.05) is 47.6 Å². The SMILES string of the molecule is Cc1cc(C(C)C)c2c(c1C)[C@@H](C)S[C@@H](C)[C@@H](C)CC2C(C)C. The van der Waals surface area contributed by atoms with E-state index < -0.39 is 0 Å². The van der Waals surface area contributed by atoms with Crippen LogP contribution in [0.1, 0.15) is 99.8 Å². The number of hydrogen-bond acceptors (Lipinski definition) is 1. The number of benzene rings is 1. The molecule has 1 aromatic rings. The van der Waals surface area contributed by atoms with E-state index in [-0.39, 0.29) is 0 Å². The quantitative estimate of drug-likeness (QED) is 0.544. The van der Waals surface area contributed by atoms with Crippen molar-refractivity contribution in [3.8, 4) is 0 Å². The van der Waals surface area contributed by atoms with Gasteiger partial charge in [0.25, 0.3) is 0 Å². The lowest BCUT2D eigenvalue weighted by atomic mass is 9.73. The number of hydrogen-bond donors (Lipinski definition) is 0. The summed E-state index contributed by atoms with van der Waals surface area (Å²) >= 11 is 2.18. The third-order valence-corrected chi connectivity index (χ3v) is 7.56. The Kier molecular flexibility index (Phi) is 5.93. The van der Waals surface area contributed by atoms with E-state index in [1.807, 2.05) is 0 Å². The van der Waals surface area contributed by atoms with Crippen LogP contribution in [0.15, 0.2) is 6.07 Å². The maximum Gasteiger partial charge on any atom is 0.0277 e. The number of fused-ring (bicyclic) bond motifs is 1. The van der Waals surface area contributed by atoms with E-state index in [1.165, 1.54) is 17.5 Å². The molecule has 1 heterocycles. The summed E-state index contributed by atoms with van der Waals surface area (Å²) in [6.45, 7) is 21.6. The summed E-state index contributed by atoms with van der Waals surface area (Å²) in [5, 5.41) is 1.34. The summed E-state index contributed by atoms with van der Waals surface area (Å²) in [6.07, 6.45) is 1.33. The first-order chi connectivity index (χ1) is 10.6. The van der Waals surface area contributed by atoms with Crippen molar-refractivity contribution in [3.05, 3.63) is 33.9 Å². The van der Waals surface area contributed by atoms with Crippen molar-refractivity contribution < 1.29 is 0 Å². The molecule has 1 heteroatoms. The van der Waals surface area contributed by atoms with Crippen LogP contribution in [0.3, 0.4) is 0 Å². The minimum Gasteiger partial charge on any atom is -0.151 e. The van der Waals surface area contributed by atoms with Crippen molar-refractivity contribution in [2.24, 2.45) is 11.8 Å². The van der Waals surface area contributed by atoms with Crippen LogP contribution < -0.4 is 0 Å². The Morgan fingerprint density at radius 3 is 2.13 bits per heavy atom. The van der Waals surface area contributed by atoms with Gasteiger partial charge in [0.05, 0.1) is 0 Å². The maximum absolute atomic E-state index is 2.49. The largest absolute Gasteiger partial charge is 0.151 e. The van der Waals surface area contributed by atoms with Gasteiger partial charge in [0.1, 0.15) is 0 Å². The third kappa shape index (κ3) is 3.65. The van der Waals surface area contributed by atoms with Crippen molar-refractivity contribution in [1.29, 1.82) is 0 Å². The number of thioether (sulfide) groups is 1. The Labute approximate surface area is 148 Å². The molecule has 0 aromatic heterocycles. The lowest BCUT2D eigenvalue weighted by molar-refractivity contribution is 0.381. The Morgan fingerprint density at radius 2 is 1.61 bits per heavy atom. The second kappa shape index (κ2) is 7.21. The van der Waals surface area contributed by atoms with Gasteiger partial charge in [-0.3, -0.25) is 0 Å². The average Bonchev–Trinajstić information content (AvgIpc) is 2.44. The molecule has 0 N–H and O–H groups in total. The van der Waals surface area contributed by atoms with E-state index in [9.17, 15) is 0 Å². The molecule has 0 nitrogen and oxygen atoms in total. The minimum absolute atomic E-state index is 0.599. The van der Waals surface area contributed by atoms with Crippen LogP contribution in [0.5, 0.6) is 0 Å². The molecule has 0 spiro atoms. The van der Waals surface area contributed by atoms with E-state index in [2.05, 4.69) is 80.1 Å². The normalized spacial score (nSPS) is 28.7. The predicted molar refractivity (Wildman–Crippen MR) is 107 cm³/mol. The fraction of sp³-hybridized carbons (Fsp3) is 0.727. The van der Waals surface area contributed by atoms with Crippen molar-refractivity contribution in [3.63, 3.8) is 0 Å². The smallest absolute Gasteiger partial charge is 0.0277 e. The van der Waals surface area contributed by atoms with Crippen LogP contribution in [-0.2, 0) is 0 Å². The molecule has 0 radical (unpaired) electrons. The summed E-state index contributed by atoms with van der Waals surface area (Å²) in [5.41, 5.74) is 7.99. The fourth-order valence-electron chi connectivity index (χ4n) is 4.24. The number of rotatable bonds is 2. The van der Waals surface area contributed by atoms with Crippen molar-refractivity contribution >= 4 is 11.8 Å². The molecule has 23 heavy (non-hydrogen) atoms. The van der Waals surface area contributed by atoms with Crippen LogP contribution in [0.2, 0.25) is 0 Å². The standard InChI is InChI=1S/C22H36S/c1-12(2)19-10-14(5)16(7)21-18(9)23-17(8)15(6)11-20(13(3)4)22(19)21/h10,12-13,15,17-18,20H,11H2,1-9H3/t15-,17-,18+,20?/m0/s1. The molecular formula is C22H36S. The van der Waals surface area contributed by atoms with Gasteiger partial charge in [-0.05, 0) is 78.7 Å². The Hall–Kier alpha value is -0.430. The van der Waals surface area contributed by atoms with E-state index in [0.29, 0.717) is 23.0 Å². The molecule has 0 amide bonds. The van der Waals surface area contributed by atoms with E-state index in [4.69, 9.17) is 0 Å². The second-order valence-electron chi connectivity index (χ2n) is 8.44. The second-order valence-corrected chi connectivity index (χ2v) is 10.2. The lowest BCUT2D eigenvalue weighted by Crippen LogP contribution is -2.24. The van der Waals surface area contributed by atoms with Crippen LogP contribution >= 0.6 is 11.8 Å². The van der Waals surface area contributed by atoms with Gasteiger partial charge < -0.3 is 0 Å². The highest BCUT2D eigenvalue weighted by molar-refractivity contribution is 8.00. The zero-order valence-electron chi connectivity index (χ0n) is 16.7. The van der Waals surface area contributed by atoms with Crippen LogP contribution in [0.4, 0.5) is 0 Å². The first-order valence-electron chi connectivity index (χ1n) is 9.44. The highest BCUT2D eigenvalue weighted by Gasteiger charge is 2.33. The van der Waals surface area contributed by atoms with Crippen LogP contribution in [0.25, 0.3) is 0 Å². The molecule has 0 aliphatic carbocycles. The molecule has 1 aliphatic rings. The summed E-state index contributed by atoms with van der Waals surface area (Å²) < 4.78 is 0. The number of aryl methyl sites for hydroxylation is 1. The van der Waals surface area contributed by atoms with Gasteiger partial charge in [-0.25, -0.2) is 0 Å². The van der Waals surface area contributed by atoms with E-state index in [1.54, 1.807) is 16.7 Å². The van der Waals surface area contributed by atoms with Gasteiger partial charge in [0, 0.05) is 10.5 Å². The van der Waals surface area contributed by atoms with Gasteiger partial charge in [-0.15, -0.1) is 0 Å². The molecule has 0 fully saturated rings. The Bertz CT molecular complexity index is 556. The summed E-state index contributed by atoms with van der Waals surface area (Å²) in [7, 11) is 0. The molecule has 1 unspecified atom stereocenters. The van der Waals surface area contributed by atoms with Crippen LogP contribution in [0, 0.1) is 25.7 Å². The molecule has 0 saturated heterocycles. The molecule has 0 saturated carbocycles. The predicted octanol–water partition coefficient (Wildman–Crippen LogP) is 7.39. The summed E-state index contributed by atoms with van der Waals surface area (Å²) in [6, 6.07) is 2.49. The molecule has 2 rings (SSSR count). The lowest BCUT2D eigenvalue weighted by Gasteiger charge is -2.38. The van der Waals surface area contributed by atoms with Crippen molar-refractivity contribution in [2.75, 3.05) is 0 Å². The first kappa shape index (κ1) is 18.9. The monoisotopic (exact) mass is 332 g/mol. The van der Waals surface area contributed by atoms with E-state index in [0.717, 1.165) is 11.2 Å². The zero-order chi connectivity index (χ0) is 17.5. The molecule has 130 valence electrons. The molecular weight excluding hydrogens is 296 g/mol. The topological polar surface area (TPSA) is 0 Å². The minimum atomic E-state index is 0.599. The highest BCUT2D eigenvalue weighted by Crippen LogP contribution is 2.49. The molecule has 0 bridgehead atoms. The van der Waals surface area contributed by atoms with Gasteiger partial charge in [-0.2, -0.15) is 11.8 Å². The van der Waals surface area contributed by atoms with E-state index >= 15 is 0 Å². The average molecular weight is 333 g/mol. The van der Waals surface area contributed by atoms with Crippen LogP contribution in [-0.4, -0.2) is 5.25 Å². The highest BCUT2D eigenvalue weighted by atomic mass is 32.2. The fourth-order valence-corrected chi connectivity index (χ4v) is 5.71. The maximum atomic E-state index is 2.49. The van der Waals surface area contributed by atoms with Gasteiger partial charge in [0.15, 0.2) is 0 Å². The zero-order valence-corrected chi connectivity index (χ0v) is 17.5. The Balaban J connectivity index is 2.77. The van der Waals surface area contributed by atoms with Crippen molar-refractivity contribution in [2.45, 2.75) is 91.1 Å². The Morgan fingerprint density at radius 1 is 1.00 bits per heavy atom. The molecule has 4 atom stereocenters. The van der Waals surface area contributed by atoms with Crippen molar-refractivity contribution in [1.82, 2.24) is 0 Å². The first-order valence-corrected chi connectivity index (χ1v) is 10.4.